The molecule has 0 saturated heterocycles. The van der Waals surface area contributed by atoms with Gasteiger partial charge in [0.25, 0.3) is 0 Å². The first-order valence-electron chi connectivity index (χ1n) is 4.77. The summed E-state index contributed by atoms with van der Waals surface area (Å²) in [6.45, 7) is 6.32. The van der Waals surface area contributed by atoms with Crippen molar-refractivity contribution in [2.45, 2.75) is 20.5 Å². The molecule has 0 heterocycles. The van der Waals surface area contributed by atoms with Crippen molar-refractivity contribution in [2.75, 3.05) is 18.0 Å². The second-order valence-electron chi connectivity index (χ2n) is 2.96. The largest absolute Gasteiger partial charge is 0.392 e. The van der Waals surface area contributed by atoms with Gasteiger partial charge in [-0.25, -0.2) is 0 Å². The molecule has 0 atom stereocenters. The van der Waals surface area contributed by atoms with Gasteiger partial charge in [0, 0.05) is 24.3 Å². The van der Waals surface area contributed by atoms with E-state index in [2.05, 4.69) is 24.8 Å². The number of nitrogens with zero attached hydrogens (tertiary/aromatic N) is 1. The van der Waals surface area contributed by atoms with Crippen LogP contribution in [0.3, 0.4) is 0 Å². The van der Waals surface area contributed by atoms with Crippen molar-refractivity contribution in [3.63, 3.8) is 0 Å². The maximum atomic E-state index is 9.13. The average Bonchev–Trinajstić information content (AvgIpc) is 2.20. The monoisotopic (exact) mass is 179 g/mol. The highest BCUT2D eigenvalue weighted by atomic mass is 16.3. The SMILES string of the molecule is CCN(CC)c1ccccc1CO. The number of benzene rings is 1. The van der Waals surface area contributed by atoms with E-state index in [0.29, 0.717) is 0 Å². The standard InChI is InChI=1S/C11H17NO/c1-3-12(4-2)11-8-6-5-7-10(11)9-13/h5-8,13H,3-4,9H2,1-2H3. The zero-order valence-electron chi connectivity index (χ0n) is 8.33. The molecule has 0 saturated carbocycles. The lowest BCUT2D eigenvalue weighted by Crippen LogP contribution is -2.23. The molecule has 0 amide bonds. The lowest BCUT2D eigenvalue weighted by Gasteiger charge is -2.23. The summed E-state index contributed by atoms with van der Waals surface area (Å²) in [7, 11) is 0. The number of hydrogen-bond donors (Lipinski definition) is 1. The predicted octanol–water partition coefficient (Wildman–Crippen LogP) is 2.03. The Kier molecular flexibility index (Phi) is 3.77. The first-order chi connectivity index (χ1) is 6.33. The number of rotatable bonds is 4. The molecule has 2 heteroatoms. The quantitative estimate of drug-likeness (QED) is 0.764. The van der Waals surface area contributed by atoms with Gasteiger partial charge in [0.2, 0.25) is 0 Å². The summed E-state index contributed by atoms with van der Waals surface area (Å²) in [4.78, 5) is 2.24. The summed E-state index contributed by atoms with van der Waals surface area (Å²) in [6, 6.07) is 7.98. The Morgan fingerprint density at radius 2 is 1.77 bits per heavy atom. The molecule has 0 fully saturated rings. The average molecular weight is 179 g/mol. The lowest BCUT2D eigenvalue weighted by molar-refractivity contribution is 0.282. The van der Waals surface area contributed by atoms with Crippen LogP contribution in [0.25, 0.3) is 0 Å². The van der Waals surface area contributed by atoms with Gasteiger partial charge in [0.15, 0.2) is 0 Å². The van der Waals surface area contributed by atoms with E-state index in [-0.39, 0.29) is 6.61 Å². The summed E-state index contributed by atoms with van der Waals surface area (Å²) in [6.07, 6.45) is 0. The van der Waals surface area contributed by atoms with Gasteiger partial charge >= 0.3 is 0 Å². The number of hydrogen-bond acceptors (Lipinski definition) is 2. The van der Waals surface area contributed by atoms with Crippen LogP contribution in [0, 0.1) is 0 Å². The van der Waals surface area contributed by atoms with E-state index in [1.165, 1.54) is 0 Å². The highest BCUT2D eigenvalue weighted by Gasteiger charge is 2.05. The zero-order valence-corrected chi connectivity index (χ0v) is 8.33. The zero-order chi connectivity index (χ0) is 9.68. The number of para-hydroxylation sites is 1. The third-order valence-electron chi connectivity index (χ3n) is 2.27. The molecule has 0 aromatic heterocycles. The Morgan fingerprint density at radius 1 is 1.15 bits per heavy atom. The molecule has 72 valence electrons. The van der Waals surface area contributed by atoms with Crippen LogP contribution in [-0.4, -0.2) is 18.2 Å². The molecule has 0 aliphatic rings. The van der Waals surface area contributed by atoms with E-state index in [1.54, 1.807) is 0 Å². The molecular formula is C11H17NO. The first kappa shape index (κ1) is 10.1. The van der Waals surface area contributed by atoms with Gasteiger partial charge < -0.3 is 10.0 Å². The van der Waals surface area contributed by atoms with Crippen LogP contribution in [0.15, 0.2) is 24.3 Å². The van der Waals surface area contributed by atoms with Crippen molar-refractivity contribution < 1.29 is 5.11 Å². The van der Waals surface area contributed by atoms with Crippen molar-refractivity contribution in [3.8, 4) is 0 Å². The van der Waals surface area contributed by atoms with Crippen LogP contribution < -0.4 is 4.90 Å². The Hall–Kier alpha value is -1.02. The molecular weight excluding hydrogens is 162 g/mol. The molecule has 1 aromatic carbocycles. The molecule has 0 spiro atoms. The third-order valence-corrected chi connectivity index (χ3v) is 2.27. The topological polar surface area (TPSA) is 23.5 Å². The fraction of sp³-hybridized carbons (Fsp3) is 0.455. The first-order valence-corrected chi connectivity index (χ1v) is 4.77. The van der Waals surface area contributed by atoms with Crippen LogP contribution in [0.4, 0.5) is 5.69 Å². The summed E-state index contributed by atoms with van der Waals surface area (Å²) >= 11 is 0. The summed E-state index contributed by atoms with van der Waals surface area (Å²) < 4.78 is 0. The Bertz CT molecular complexity index is 256. The van der Waals surface area contributed by atoms with Gasteiger partial charge in [-0.15, -0.1) is 0 Å². The highest BCUT2D eigenvalue weighted by Crippen LogP contribution is 2.19. The highest BCUT2D eigenvalue weighted by molar-refractivity contribution is 5.53. The normalized spacial score (nSPS) is 10.1. The molecule has 0 aliphatic carbocycles. The Morgan fingerprint density at radius 3 is 2.31 bits per heavy atom. The van der Waals surface area contributed by atoms with E-state index in [9.17, 15) is 0 Å². The Labute approximate surface area is 79.8 Å². The second kappa shape index (κ2) is 4.87. The van der Waals surface area contributed by atoms with E-state index in [0.717, 1.165) is 24.3 Å². The van der Waals surface area contributed by atoms with Gasteiger partial charge in [-0.2, -0.15) is 0 Å². The minimum Gasteiger partial charge on any atom is -0.392 e. The fourth-order valence-corrected chi connectivity index (χ4v) is 1.52. The molecule has 0 aliphatic heterocycles. The lowest BCUT2D eigenvalue weighted by atomic mass is 10.1. The van der Waals surface area contributed by atoms with Crippen LogP contribution in [-0.2, 0) is 6.61 Å². The van der Waals surface area contributed by atoms with Gasteiger partial charge in [-0.3, -0.25) is 0 Å². The van der Waals surface area contributed by atoms with Gasteiger partial charge in [-0.1, -0.05) is 18.2 Å². The predicted molar refractivity (Wildman–Crippen MR) is 55.9 cm³/mol. The molecule has 0 radical (unpaired) electrons. The van der Waals surface area contributed by atoms with Gasteiger partial charge in [0.1, 0.15) is 0 Å². The van der Waals surface area contributed by atoms with Crippen LogP contribution in [0.1, 0.15) is 19.4 Å². The van der Waals surface area contributed by atoms with Crippen molar-refractivity contribution in [1.29, 1.82) is 0 Å². The minimum atomic E-state index is 0.118. The number of aliphatic hydroxyl groups is 1. The molecule has 1 N–H and O–H groups in total. The summed E-state index contributed by atoms with van der Waals surface area (Å²) in [5, 5.41) is 9.13. The number of anilines is 1. The summed E-state index contributed by atoms with van der Waals surface area (Å²) in [5.41, 5.74) is 2.15. The molecule has 13 heavy (non-hydrogen) atoms. The molecule has 0 bridgehead atoms. The van der Waals surface area contributed by atoms with E-state index in [1.807, 2.05) is 18.2 Å². The van der Waals surface area contributed by atoms with E-state index >= 15 is 0 Å². The second-order valence-corrected chi connectivity index (χ2v) is 2.96. The van der Waals surface area contributed by atoms with Gasteiger partial charge in [-0.05, 0) is 19.9 Å². The Balaban J connectivity index is 2.96. The number of aliphatic hydroxyl groups excluding tert-OH is 1. The van der Waals surface area contributed by atoms with Crippen molar-refractivity contribution >= 4 is 5.69 Å². The van der Waals surface area contributed by atoms with Gasteiger partial charge in [0.05, 0.1) is 6.61 Å². The van der Waals surface area contributed by atoms with E-state index < -0.39 is 0 Å². The third kappa shape index (κ3) is 2.22. The van der Waals surface area contributed by atoms with Crippen molar-refractivity contribution in [3.05, 3.63) is 29.8 Å². The maximum absolute atomic E-state index is 9.13. The smallest absolute Gasteiger partial charge is 0.0702 e. The van der Waals surface area contributed by atoms with Crippen molar-refractivity contribution in [1.82, 2.24) is 0 Å². The van der Waals surface area contributed by atoms with Crippen LogP contribution in [0.5, 0.6) is 0 Å². The molecule has 2 nitrogen and oxygen atoms in total. The van der Waals surface area contributed by atoms with E-state index in [4.69, 9.17) is 5.11 Å². The van der Waals surface area contributed by atoms with Crippen LogP contribution >= 0.6 is 0 Å². The van der Waals surface area contributed by atoms with Crippen LogP contribution in [0.2, 0.25) is 0 Å². The molecule has 0 unspecified atom stereocenters. The van der Waals surface area contributed by atoms with Crippen molar-refractivity contribution in [2.24, 2.45) is 0 Å². The molecule has 1 rings (SSSR count). The maximum Gasteiger partial charge on any atom is 0.0702 e. The minimum absolute atomic E-state index is 0.118. The summed E-state index contributed by atoms with van der Waals surface area (Å²) in [5.74, 6) is 0. The fourth-order valence-electron chi connectivity index (χ4n) is 1.52. The molecule has 1 aromatic rings.